The summed E-state index contributed by atoms with van der Waals surface area (Å²) in [6.45, 7) is -0.259. The molecule has 0 unspecified atom stereocenters. The third kappa shape index (κ3) is 3.92. The van der Waals surface area contributed by atoms with E-state index in [-0.39, 0.29) is 24.3 Å². The molecule has 0 radical (unpaired) electrons. The molecule has 2 rings (SSSR count). The van der Waals surface area contributed by atoms with Gasteiger partial charge in [0.15, 0.2) is 0 Å². The Morgan fingerprint density at radius 3 is 2.78 bits per heavy atom. The zero-order chi connectivity index (χ0) is 17.0. The maximum absolute atomic E-state index is 11.7. The lowest BCUT2D eigenvalue weighted by molar-refractivity contribution is -0.120. The Hall–Kier alpha value is -2.75. The summed E-state index contributed by atoms with van der Waals surface area (Å²) in [5.74, 6) is -2.31. The number of hydrogen-bond donors (Lipinski definition) is 5. The van der Waals surface area contributed by atoms with Crippen molar-refractivity contribution in [1.82, 2.24) is 16.0 Å². The predicted molar refractivity (Wildman–Crippen MR) is 80.1 cm³/mol. The molecule has 1 heterocycles. The van der Waals surface area contributed by atoms with Crippen molar-refractivity contribution >= 4 is 25.0 Å². The van der Waals surface area contributed by atoms with Crippen molar-refractivity contribution in [3.05, 3.63) is 29.3 Å². The van der Waals surface area contributed by atoms with E-state index < -0.39 is 31.0 Å². The minimum absolute atomic E-state index is 0.0485. The highest BCUT2D eigenvalue weighted by molar-refractivity contribution is 6.47. The van der Waals surface area contributed by atoms with E-state index >= 15 is 0 Å². The molecule has 10 heteroatoms. The third-order valence-electron chi connectivity index (χ3n) is 3.33. The second-order valence-corrected chi connectivity index (χ2v) is 4.92. The zero-order valence-electron chi connectivity index (χ0n) is 12.3. The number of carbonyl (C=O) groups excluding carboxylic acids is 2. The third-order valence-corrected chi connectivity index (χ3v) is 3.33. The van der Waals surface area contributed by atoms with Crippen LogP contribution in [0.4, 0.5) is 4.79 Å². The second kappa shape index (κ2) is 7.01. The summed E-state index contributed by atoms with van der Waals surface area (Å²) in [4.78, 5) is 33.9. The summed E-state index contributed by atoms with van der Waals surface area (Å²) < 4.78 is 5.24. The summed E-state index contributed by atoms with van der Waals surface area (Å²) >= 11 is 0. The molecule has 1 aliphatic heterocycles. The average molecular weight is 321 g/mol. The average Bonchev–Trinajstić information content (AvgIpc) is 2.52. The van der Waals surface area contributed by atoms with Crippen molar-refractivity contribution in [2.75, 3.05) is 13.6 Å². The molecule has 0 aliphatic carbocycles. The fourth-order valence-electron chi connectivity index (χ4n) is 2.22. The Balaban J connectivity index is 2.04. The highest BCUT2D eigenvalue weighted by atomic mass is 16.5. The lowest BCUT2D eigenvalue weighted by atomic mass is 9.72. The van der Waals surface area contributed by atoms with Gasteiger partial charge in [-0.25, -0.2) is 9.59 Å². The maximum atomic E-state index is 11.7. The first kappa shape index (κ1) is 16.6. The molecule has 1 aliphatic rings. The number of benzene rings is 1. The SMILES string of the molecule is CNC(=O)NCC(=O)N[C@H]1Cc2cccc(C(=O)O)c2OB1O. The van der Waals surface area contributed by atoms with Gasteiger partial charge in [0.05, 0.1) is 18.0 Å². The van der Waals surface area contributed by atoms with Gasteiger partial charge in [0.2, 0.25) is 5.91 Å². The van der Waals surface area contributed by atoms with E-state index in [9.17, 15) is 19.4 Å². The van der Waals surface area contributed by atoms with Crippen molar-refractivity contribution in [2.45, 2.75) is 12.4 Å². The number of hydrogen-bond acceptors (Lipinski definition) is 5. The fourth-order valence-corrected chi connectivity index (χ4v) is 2.22. The molecule has 1 aromatic rings. The van der Waals surface area contributed by atoms with Crippen LogP contribution in [0.1, 0.15) is 15.9 Å². The van der Waals surface area contributed by atoms with Gasteiger partial charge >= 0.3 is 19.1 Å². The first-order valence-corrected chi connectivity index (χ1v) is 6.87. The van der Waals surface area contributed by atoms with E-state index in [0.717, 1.165) is 0 Å². The summed E-state index contributed by atoms with van der Waals surface area (Å²) in [6.07, 6.45) is 0.212. The Morgan fingerprint density at radius 1 is 1.39 bits per heavy atom. The van der Waals surface area contributed by atoms with E-state index in [0.29, 0.717) is 5.56 Å². The van der Waals surface area contributed by atoms with Crippen LogP contribution in [0.15, 0.2) is 18.2 Å². The maximum Gasteiger partial charge on any atom is 0.547 e. The van der Waals surface area contributed by atoms with Gasteiger partial charge < -0.3 is 30.7 Å². The molecule has 1 aromatic carbocycles. The second-order valence-electron chi connectivity index (χ2n) is 4.92. The van der Waals surface area contributed by atoms with Crippen molar-refractivity contribution < 1.29 is 29.2 Å². The van der Waals surface area contributed by atoms with E-state index in [1.54, 1.807) is 12.1 Å². The number of aromatic carboxylic acids is 1. The van der Waals surface area contributed by atoms with Crippen LogP contribution in [0.25, 0.3) is 0 Å². The highest BCUT2D eigenvalue weighted by Crippen LogP contribution is 2.29. The number of para-hydroxylation sites is 1. The van der Waals surface area contributed by atoms with Crippen molar-refractivity contribution in [2.24, 2.45) is 0 Å². The van der Waals surface area contributed by atoms with Crippen LogP contribution >= 0.6 is 0 Å². The van der Waals surface area contributed by atoms with E-state index in [4.69, 9.17) is 9.76 Å². The van der Waals surface area contributed by atoms with E-state index in [1.165, 1.54) is 13.1 Å². The van der Waals surface area contributed by atoms with Gasteiger partial charge in [-0.3, -0.25) is 4.79 Å². The fraction of sp³-hybridized carbons (Fsp3) is 0.308. The molecule has 9 nitrogen and oxygen atoms in total. The van der Waals surface area contributed by atoms with Crippen LogP contribution in [0.5, 0.6) is 5.75 Å². The number of carboxylic acid groups (broad SMARTS) is 1. The highest BCUT2D eigenvalue weighted by Gasteiger charge is 2.37. The minimum atomic E-state index is -1.38. The van der Waals surface area contributed by atoms with Crippen molar-refractivity contribution in [3.8, 4) is 5.75 Å². The summed E-state index contributed by atoms with van der Waals surface area (Å²) in [7, 11) is 0.0371. The number of nitrogens with one attached hydrogen (secondary N) is 3. The topological polar surface area (TPSA) is 137 Å². The number of rotatable bonds is 4. The molecule has 5 N–H and O–H groups in total. The molecular formula is C13H16BN3O6. The molecule has 0 saturated heterocycles. The number of amides is 3. The molecule has 3 amide bonds. The van der Waals surface area contributed by atoms with Crippen molar-refractivity contribution in [1.29, 1.82) is 0 Å². The molecule has 0 spiro atoms. The van der Waals surface area contributed by atoms with Gasteiger partial charge in [-0.2, -0.15) is 0 Å². The van der Waals surface area contributed by atoms with Gasteiger partial charge in [0, 0.05) is 7.05 Å². The molecule has 0 saturated carbocycles. The molecule has 0 fully saturated rings. The van der Waals surface area contributed by atoms with Crippen LogP contribution in [-0.2, 0) is 11.2 Å². The largest absolute Gasteiger partial charge is 0.547 e. The molecule has 0 bridgehead atoms. The van der Waals surface area contributed by atoms with Crippen LogP contribution in [0.2, 0.25) is 0 Å². The standard InChI is InChI=1S/C13H16BN3O6/c1-15-13(21)16-6-10(18)17-9-5-7-3-2-4-8(12(19)20)11(7)23-14(9)22/h2-4,9,22H,5-6H2,1H3,(H,17,18)(H,19,20)(H2,15,16,21)/t9-/m0/s1. The van der Waals surface area contributed by atoms with E-state index in [2.05, 4.69) is 16.0 Å². The van der Waals surface area contributed by atoms with Gasteiger partial charge in [0.25, 0.3) is 0 Å². The van der Waals surface area contributed by atoms with Crippen LogP contribution in [0, 0.1) is 0 Å². The Kier molecular flexibility index (Phi) is 5.07. The first-order chi connectivity index (χ1) is 10.9. The normalized spacial score (nSPS) is 15.9. The number of urea groups is 1. The monoisotopic (exact) mass is 321 g/mol. The lowest BCUT2D eigenvalue weighted by Gasteiger charge is -2.28. The number of carbonyl (C=O) groups is 3. The Bertz CT molecular complexity index is 638. The quantitative estimate of drug-likeness (QED) is 0.440. The molecule has 122 valence electrons. The van der Waals surface area contributed by atoms with Gasteiger partial charge in [-0.05, 0) is 18.1 Å². The minimum Gasteiger partial charge on any atom is -0.534 e. The van der Waals surface area contributed by atoms with Crippen LogP contribution in [0.3, 0.4) is 0 Å². The predicted octanol–water partition coefficient (Wildman–Crippen LogP) is -1.25. The van der Waals surface area contributed by atoms with Crippen LogP contribution in [-0.4, -0.2) is 54.7 Å². The van der Waals surface area contributed by atoms with Crippen molar-refractivity contribution in [3.63, 3.8) is 0 Å². The van der Waals surface area contributed by atoms with Gasteiger partial charge in [-0.1, -0.05) is 12.1 Å². The van der Waals surface area contributed by atoms with E-state index in [1.807, 2.05) is 0 Å². The van der Waals surface area contributed by atoms with Crippen LogP contribution < -0.4 is 20.6 Å². The summed E-state index contributed by atoms with van der Waals surface area (Å²) in [5, 5.41) is 26.2. The summed E-state index contributed by atoms with van der Waals surface area (Å²) in [6, 6.07) is 4.10. The lowest BCUT2D eigenvalue weighted by Crippen LogP contribution is -2.55. The smallest absolute Gasteiger partial charge is 0.534 e. The number of fused-ring (bicyclic) bond motifs is 1. The Labute approximate surface area is 132 Å². The zero-order valence-corrected chi connectivity index (χ0v) is 12.3. The molecule has 0 aromatic heterocycles. The first-order valence-electron chi connectivity index (χ1n) is 6.87. The molecule has 23 heavy (non-hydrogen) atoms. The molecular weight excluding hydrogens is 305 g/mol. The Morgan fingerprint density at radius 2 is 2.13 bits per heavy atom. The molecule has 1 atom stereocenters. The van der Waals surface area contributed by atoms with Gasteiger partial charge in [-0.15, -0.1) is 0 Å². The van der Waals surface area contributed by atoms with Gasteiger partial charge in [0.1, 0.15) is 5.75 Å². The number of carboxylic acids is 1. The summed E-state index contributed by atoms with van der Waals surface area (Å²) in [5.41, 5.74) is 0.521.